The number of methoxy groups -OCH3 is 1. The monoisotopic (exact) mass is 247 g/mol. The Kier molecular flexibility index (Phi) is 3.70. The van der Waals surface area contributed by atoms with Crippen molar-refractivity contribution < 1.29 is 19.1 Å². The molecule has 0 amide bonds. The Bertz CT molecular complexity index is 492. The summed E-state index contributed by atoms with van der Waals surface area (Å²) in [6.45, 7) is 0.203. The molecular formula is C13H13NO4. The molecule has 94 valence electrons. The molecule has 1 aromatic carbocycles. The molecule has 0 saturated carbocycles. The molecule has 0 aromatic heterocycles. The van der Waals surface area contributed by atoms with Gasteiger partial charge in [0.1, 0.15) is 12.4 Å². The van der Waals surface area contributed by atoms with E-state index in [1.807, 2.05) is 0 Å². The van der Waals surface area contributed by atoms with Crippen LogP contribution >= 0.6 is 0 Å². The Morgan fingerprint density at radius 2 is 2.44 bits per heavy atom. The second kappa shape index (κ2) is 5.43. The Hall–Kier alpha value is -2.19. The third kappa shape index (κ3) is 2.55. The number of benzene rings is 1. The molecule has 0 bridgehead atoms. The molecule has 0 radical (unpaired) electrons. The maximum Gasteiger partial charge on any atom is 0.307 e. The van der Waals surface area contributed by atoms with Gasteiger partial charge in [-0.3, -0.25) is 4.79 Å². The first-order valence-corrected chi connectivity index (χ1v) is 5.44. The zero-order valence-corrected chi connectivity index (χ0v) is 9.93. The van der Waals surface area contributed by atoms with Gasteiger partial charge in [0.2, 0.25) is 0 Å². The first-order chi connectivity index (χ1) is 8.74. The quantitative estimate of drug-likeness (QED) is 0.640. The minimum atomic E-state index is -0.307. The molecule has 2 rings (SSSR count). The first-order valence-electron chi connectivity index (χ1n) is 5.44. The van der Waals surface area contributed by atoms with Gasteiger partial charge in [-0.05, 0) is 18.2 Å². The molecule has 5 heteroatoms. The van der Waals surface area contributed by atoms with Gasteiger partial charge >= 0.3 is 5.97 Å². The Morgan fingerprint density at radius 3 is 3.17 bits per heavy atom. The molecule has 0 aliphatic carbocycles. The van der Waals surface area contributed by atoms with Crippen molar-refractivity contribution in [2.24, 2.45) is 0 Å². The predicted octanol–water partition coefficient (Wildman–Crippen LogP) is 1.20. The van der Waals surface area contributed by atoms with Crippen molar-refractivity contribution in [3.05, 3.63) is 23.8 Å². The summed E-state index contributed by atoms with van der Waals surface area (Å²) in [5.74, 6) is 3.41. The minimum absolute atomic E-state index is 0.197. The van der Waals surface area contributed by atoms with Crippen molar-refractivity contribution in [3.63, 3.8) is 0 Å². The molecule has 1 aromatic rings. The molecular weight excluding hydrogens is 234 g/mol. The molecule has 0 spiro atoms. The van der Waals surface area contributed by atoms with Gasteiger partial charge in [-0.15, -0.1) is 11.9 Å². The van der Waals surface area contributed by atoms with E-state index in [4.69, 9.17) is 16.0 Å². The van der Waals surface area contributed by atoms with Crippen LogP contribution in [-0.2, 0) is 9.53 Å². The summed E-state index contributed by atoms with van der Waals surface area (Å²) in [5, 5.41) is 0. The number of rotatable bonds is 4. The van der Waals surface area contributed by atoms with Gasteiger partial charge < -0.3 is 14.3 Å². The van der Waals surface area contributed by atoms with Gasteiger partial charge in [0.15, 0.2) is 5.75 Å². The highest BCUT2D eigenvalue weighted by Crippen LogP contribution is 2.35. The van der Waals surface area contributed by atoms with Crippen molar-refractivity contribution in [2.75, 3.05) is 13.7 Å². The molecule has 18 heavy (non-hydrogen) atoms. The standard InChI is InChI=1S/C13H13NO4/c1-3-6-17-9-4-5-12-10(7-9)11(14-18-12)8-13(15)16-2/h1,4-5,7,11,14H,6,8H2,2H3. The number of carbonyl (C=O) groups excluding carboxylic acids is 1. The number of esters is 1. The van der Waals surface area contributed by atoms with Gasteiger partial charge in [0, 0.05) is 5.56 Å². The number of hydrogen-bond donors (Lipinski definition) is 1. The molecule has 1 atom stereocenters. The van der Waals surface area contributed by atoms with Crippen molar-refractivity contribution in [1.29, 1.82) is 0 Å². The van der Waals surface area contributed by atoms with Crippen molar-refractivity contribution in [1.82, 2.24) is 5.48 Å². The number of nitrogens with one attached hydrogen (secondary N) is 1. The van der Waals surface area contributed by atoms with Crippen LogP contribution in [-0.4, -0.2) is 19.7 Å². The van der Waals surface area contributed by atoms with E-state index >= 15 is 0 Å². The average Bonchev–Trinajstić information content (AvgIpc) is 2.79. The highest BCUT2D eigenvalue weighted by Gasteiger charge is 2.27. The van der Waals surface area contributed by atoms with Gasteiger partial charge in [0.25, 0.3) is 0 Å². The fourth-order valence-electron chi connectivity index (χ4n) is 1.71. The van der Waals surface area contributed by atoms with E-state index in [0.29, 0.717) is 11.5 Å². The molecule has 5 nitrogen and oxygen atoms in total. The summed E-state index contributed by atoms with van der Waals surface area (Å²) in [6, 6.07) is 5.10. The molecule has 1 aliphatic rings. The van der Waals surface area contributed by atoms with Crippen LogP contribution in [0.2, 0.25) is 0 Å². The van der Waals surface area contributed by atoms with E-state index in [-0.39, 0.29) is 25.0 Å². The van der Waals surface area contributed by atoms with Gasteiger partial charge in [-0.2, -0.15) is 0 Å². The smallest absolute Gasteiger partial charge is 0.307 e. The van der Waals surface area contributed by atoms with Gasteiger partial charge in [0.05, 0.1) is 19.6 Å². The van der Waals surface area contributed by atoms with Crippen LogP contribution in [0.3, 0.4) is 0 Å². The number of hydrogen-bond acceptors (Lipinski definition) is 5. The fraction of sp³-hybridized carbons (Fsp3) is 0.308. The Morgan fingerprint density at radius 1 is 1.61 bits per heavy atom. The van der Waals surface area contributed by atoms with E-state index in [0.717, 1.165) is 5.56 Å². The maximum atomic E-state index is 11.3. The summed E-state index contributed by atoms with van der Waals surface area (Å²) in [6.07, 6.45) is 5.32. The maximum absolute atomic E-state index is 11.3. The second-order valence-corrected chi connectivity index (χ2v) is 3.75. The zero-order chi connectivity index (χ0) is 13.0. The molecule has 1 N–H and O–H groups in total. The van der Waals surface area contributed by atoms with Gasteiger partial charge in [-0.25, -0.2) is 0 Å². The normalized spacial score (nSPS) is 16.3. The van der Waals surface area contributed by atoms with E-state index in [9.17, 15) is 4.79 Å². The highest BCUT2D eigenvalue weighted by atomic mass is 16.7. The highest BCUT2D eigenvalue weighted by molar-refractivity contribution is 5.70. The fourth-order valence-corrected chi connectivity index (χ4v) is 1.71. The lowest BCUT2D eigenvalue weighted by molar-refractivity contribution is -0.141. The third-order valence-corrected chi connectivity index (χ3v) is 2.59. The largest absolute Gasteiger partial charge is 0.481 e. The van der Waals surface area contributed by atoms with Crippen LogP contribution in [0.1, 0.15) is 18.0 Å². The van der Waals surface area contributed by atoms with Crippen LogP contribution in [0.5, 0.6) is 11.5 Å². The SMILES string of the molecule is C#CCOc1ccc2c(c1)C(CC(=O)OC)NO2. The van der Waals surface area contributed by atoms with Crippen molar-refractivity contribution >= 4 is 5.97 Å². The Balaban J connectivity index is 2.14. The average molecular weight is 247 g/mol. The van der Waals surface area contributed by atoms with Crippen molar-refractivity contribution in [2.45, 2.75) is 12.5 Å². The lowest BCUT2D eigenvalue weighted by atomic mass is 10.0. The number of hydroxylamine groups is 1. The number of carbonyl (C=O) groups is 1. The van der Waals surface area contributed by atoms with Gasteiger partial charge in [-0.1, -0.05) is 5.92 Å². The topological polar surface area (TPSA) is 56.8 Å². The molecule has 1 unspecified atom stereocenters. The predicted molar refractivity (Wildman–Crippen MR) is 63.9 cm³/mol. The number of terminal acetylenes is 1. The zero-order valence-electron chi connectivity index (χ0n) is 9.93. The van der Waals surface area contributed by atoms with Crippen molar-refractivity contribution in [3.8, 4) is 23.8 Å². The van der Waals surface area contributed by atoms with E-state index in [2.05, 4.69) is 16.1 Å². The van der Waals surface area contributed by atoms with E-state index in [1.54, 1.807) is 18.2 Å². The van der Waals surface area contributed by atoms with E-state index in [1.165, 1.54) is 7.11 Å². The Labute approximate surface area is 105 Å². The number of ether oxygens (including phenoxy) is 2. The van der Waals surface area contributed by atoms with Crippen LogP contribution in [0.15, 0.2) is 18.2 Å². The van der Waals surface area contributed by atoms with E-state index < -0.39 is 0 Å². The third-order valence-electron chi connectivity index (χ3n) is 2.59. The van der Waals surface area contributed by atoms with Crippen LogP contribution in [0.4, 0.5) is 0 Å². The summed E-state index contributed by atoms with van der Waals surface area (Å²) in [5.41, 5.74) is 3.63. The first kappa shape index (κ1) is 12.3. The summed E-state index contributed by atoms with van der Waals surface area (Å²) in [4.78, 5) is 16.5. The summed E-state index contributed by atoms with van der Waals surface area (Å²) in [7, 11) is 1.35. The van der Waals surface area contributed by atoms with Crippen LogP contribution < -0.4 is 15.1 Å². The molecule has 1 aliphatic heterocycles. The molecule has 1 heterocycles. The number of fused-ring (bicyclic) bond motifs is 1. The lowest BCUT2D eigenvalue weighted by Crippen LogP contribution is -2.20. The summed E-state index contributed by atoms with van der Waals surface area (Å²) < 4.78 is 9.95. The summed E-state index contributed by atoms with van der Waals surface area (Å²) >= 11 is 0. The van der Waals surface area contributed by atoms with Crippen LogP contribution in [0.25, 0.3) is 0 Å². The lowest BCUT2D eigenvalue weighted by Gasteiger charge is -2.08. The minimum Gasteiger partial charge on any atom is -0.481 e. The molecule has 0 fully saturated rings. The molecule has 0 saturated heterocycles. The second-order valence-electron chi connectivity index (χ2n) is 3.75. The van der Waals surface area contributed by atoms with Crippen LogP contribution in [0, 0.1) is 12.3 Å².